The van der Waals surface area contributed by atoms with Gasteiger partial charge in [0.05, 0.1) is 18.3 Å². The number of hydrogen-bond acceptors (Lipinski definition) is 0. The van der Waals surface area contributed by atoms with Crippen molar-refractivity contribution in [1.82, 2.24) is 13.7 Å². The van der Waals surface area contributed by atoms with Gasteiger partial charge in [0, 0.05) is 33.0 Å². The maximum absolute atomic E-state index is 8.37. The molecule has 0 N–H and O–H groups in total. The van der Waals surface area contributed by atoms with E-state index < -0.39 is 13.7 Å². The van der Waals surface area contributed by atoms with Crippen molar-refractivity contribution in [1.29, 1.82) is 0 Å². The van der Waals surface area contributed by atoms with E-state index in [1.165, 1.54) is 0 Å². The van der Waals surface area contributed by atoms with Gasteiger partial charge in [0.1, 0.15) is 11.9 Å². The Morgan fingerprint density at radius 3 is 2.46 bits per heavy atom. The Morgan fingerprint density at radius 2 is 1.71 bits per heavy atom. The lowest BCUT2D eigenvalue weighted by molar-refractivity contribution is -0.671. The van der Waals surface area contributed by atoms with Gasteiger partial charge in [-0.25, -0.2) is 13.7 Å². The van der Waals surface area contributed by atoms with Crippen molar-refractivity contribution >= 4 is 21.9 Å². The molecular formula is C24H25N4+. The summed E-state index contributed by atoms with van der Waals surface area (Å²) in [6, 6.07) is 17.2. The lowest BCUT2D eigenvalue weighted by Gasteiger charge is -2.05. The zero-order chi connectivity index (χ0) is 24.6. The van der Waals surface area contributed by atoms with E-state index in [4.69, 9.17) is 8.22 Å². The number of para-hydroxylation sites is 2. The first-order chi connectivity index (χ1) is 15.9. The average Bonchev–Trinajstić information content (AvgIpc) is 3.38. The summed E-state index contributed by atoms with van der Waals surface area (Å²) in [5.41, 5.74) is 2.00. The summed E-state index contributed by atoms with van der Waals surface area (Å²) in [6.07, 6.45) is 1.86. The number of aromatic nitrogens is 4. The minimum atomic E-state index is -2.65. The number of benzene rings is 2. The topological polar surface area (TPSA) is 18.7 Å². The highest BCUT2D eigenvalue weighted by Crippen LogP contribution is 2.35. The van der Waals surface area contributed by atoms with Gasteiger partial charge in [0.15, 0.2) is 5.65 Å². The number of hydrogen-bond donors (Lipinski definition) is 0. The van der Waals surface area contributed by atoms with Crippen molar-refractivity contribution < 1.29 is 12.8 Å². The Hall–Kier alpha value is -3.27. The van der Waals surface area contributed by atoms with Crippen molar-refractivity contribution in [3.8, 4) is 11.5 Å². The highest BCUT2D eigenvalue weighted by Gasteiger charge is 2.27. The van der Waals surface area contributed by atoms with Gasteiger partial charge in [-0.1, -0.05) is 36.4 Å². The fraction of sp³-hybridized carbons (Fsp3) is 0.208. The molecule has 3 aromatic heterocycles. The molecular weight excluding hydrogens is 344 g/mol. The molecule has 0 radical (unpaired) electrons. The maximum Gasteiger partial charge on any atom is 0.266 e. The molecule has 2 aromatic carbocycles. The number of aryl methyl sites for hydroxylation is 2. The van der Waals surface area contributed by atoms with Gasteiger partial charge < -0.3 is 4.57 Å². The van der Waals surface area contributed by atoms with Crippen LogP contribution in [0.15, 0.2) is 60.8 Å². The van der Waals surface area contributed by atoms with Gasteiger partial charge in [-0.3, -0.25) is 0 Å². The number of imidazole rings is 1. The summed E-state index contributed by atoms with van der Waals surface area (Å²) < 4.78 is 57.4. The minimum absolute atomic E-state index is 0.121. The zero-order valence-corrected chi connectivity index (χ0v) is 16.1. The van der Waals surface area contributed by atoms with Gasteiger partial charge in [0.2, 0.25) is 5.82 Å². The molecule has 3 heterocycles. The van der Waals surface area contributed by atoms with Crippen LogP contribution in [0.5, 0.6) is 0 Å². The molecule has 5 rings (SSSR count). The van der Waals surface area contributed by atoms with Crippen LogP contribution in [0.3, 0.4) is 0 Å². The molecule has 0 aliphatic rings. The minimum Gasteiger partial charge on any atom is -0.317 e. The second-order valence-corrected chi connectivity index (χ2v) is 7.13. The molecule has 0 saturated heterocycles. The number of nitrogens with zero attached hydrogens (tertiary/aromatic N) is 4. The van der Waals surface area contributed by atoms with Crippen LogP contribution in [0.2, 0.25) is 0 Å². The third-order valence-electron chi connectivity index (χ3n) is 5.68. The van der Waals surface area contributed by atoms with Gasteiger partial charge in [-0.05, 0) is 37.5 Å². The lowest BCUT2D eigenvalue weighted by atomic mass is 10.1. The summed E-state index contributed by atoms with van der Waals surface area (Å²) in [5, 5.41) is 1.17. The SMILES string of the molecule is [2H]C([2H])([2H])c1c(C([2H])([2H])[2H])n(-c2cn(-c3ccccc3)c(C)[n+]2C)c2c1c1ccccc1n2C. The first-order valence-corrected chi connectivity index (χ1v) is 9.19. The van der Waals surface area contributed by atoms with E-state index >= 15 is 0 Å². The smallest absolute Gasteiger partial charge is 0.266 e. The summed E-state index contributed by atoms with van der Waals surface area (Å²) in [5.74, 6) is 1.44. The Labute approximate surface area is 173 Å². The van der Waals surface area contributed by atoms with Crippen LogP contribution in [0.25, 0.3) is 33.4 Å². The zero-order valence-electron chi connectivity index (χ0n) is 22.1. The van der Waals surface area contributed by atoms with Crippen LogP contribution in [0, 0.1) is 20.6 Å². The van der Waals surface area contributed by atoms with Gasteiger partial charge in [0.25, 0.3) is 5.82 Å². The molecule has 0 atom stereocenters. The number of rotatable bonds is 2. The molecule has 0 aliphatic heterocycles. The molecule has 0 fully saturated rings. The predicted molar refractivity (Wildman–Crippen MR) is 114 cm³/mol. The van der Waals surface area contributed by atoms with E-state index in [9.17, 15) is 0 Å². The molecule has 0 aliphatic carbocycles. The second kappa shape index (κ2) is 5.86. The normalized spacial score (nSPS) is 15.8. The molecule has 4 nitrogen and oxygen atoms in total. The fourth-order valence-corrected chi connectivity index (χ4v) is 4.13. The summed E-state index contributed by atoms with van der Waals surface area (Å²) in [6.45, 7) is -3.33. The standard InChI is InChI=1S/C24H25N4/c1-16-17(2)28(24-23(16)20-13-9-10-14-21(20)26(24)5)22-15-27(18(3)25(22)4)19-11-7-6-8-12-19/h6-15H,1-5H3/q+1/i1D3,2D3. The van der Waals surface area contributed by atoms with E-state index in [0.717, 1.165) is 22.4 Å². The molecule has 0 amide bonds. The Morgan fingerprint density at radius 1 is 0.964 bits per heavy atom. The fourth-order valence-electron chi connectivity index (χ4n) is 4.13. The highest BCUT2D eigenvalue weighted by atomic mass is 15.3. The van der Waals surface area contributed by atoms with Crippen LogP contribution >= 0.6 is 0 Å². The Bertz CT molecular complexity index is 1550. The van der Waals surface area contributed by atoms with Crippen molar-refractivity contribution in [3.63, 3.8) is 0 Å². The highest BCUT2D eigenvalue weighted by molar-refractivity contribution is 6.09. The van der Waals surface area contributed by atoms with Gasteiger partial charge in [-0.15, -0.1) is 0 Å². The first kappa shape index (κ1) is 11.5. The quantitative estimate of drug-likeness (QED) is 0.400. The number of fused-ring (bicyclic) bond motifs is 3. The van der Waals surface area contributed by atoms with Crippen molar-refractivity contribution in [2.45, 2.75) is 20.6 Å². The second-order valence-electron chi connectivity index (χ2n) is 7.13. The monoisotopic (exact) mass is 375 g/mol. The van der Waals surface area contributed by atoms with E-state index in [2.05, 4.69) is 0 Å². The van der Waals surface area contributed by atoms with Crippen LogP contribution < -0.4 is 4.57 Å². The van der Waals surface area contributed by atoms with E-state index in [1.807, 2.05) is 95.5 Å². The molecule has 0 saturated carbocycles. The van der Waals surface area contributed by atoms with E-state index in [-0.39, 0.29) is 11.3 Å². The molecule has 140 valence electrons. The predicted octanol–water partition coefficient (Wildman–Crippen LogP) is 4.66. The van der Waals surface area contributed by atoms with Crippen LogP contribution in [-0.4, -0.2) is 13.7 Å². The van der Waals surface area contributed by atoms with Gasteiger partial charge in [-0.2, -0.15) is 0 Å². The van der Waals surface area contributed by atoms with Crippen molar-refractivity contribution in [3.05, 3.63) is 77.9 Å². The molecule has 4 heteroatoms. The van der Waals surface area contributed by atoms with Crippen molar-refractivity contribution in [2.75, 3.05) is 0 Å². The average molecular weight is 376 g/mol. The summed E-state index contributed by atoms with van der Waals surface area (Å²) >= 11 is 0. The van der Waals surface area contributed by atoms with Crippen LogP contribution in [0.1, 0.15) is 25.3 Å². The lowest BCUT2D eigenvalue weighted by Crippen LogP contribution is -2.35. The molecule has 28 heavy (non-hydrogen) atoms. The Kier molecular flexibility index (Phi) is 2.42. The van der Waals surface area contributed by atoms with Crippen molar-refractivity contribution in [2.24, 2.45) is 14.1 Å². The van der Waals surface area contributed by atoms with E-state index in [0.29, 0.717) is 16.9 Å². The van der Waals surface area contributed by atoms with Crippen LogP contribution in [0.4, 0.5) is 0 Å². The largest absolute Gasteiger partial charge is 0.317 e. The summed E-state index contributed by atoms with van der Waals surface area (Å²) in [7, 11) is 3.70. The van der Waals surface area contributed by atoms with Crippen LogP contribution in [-0.2, 0) is 14.1 Å². The molecule has 5 aromatic rings. The van der Waals surface area contributed by atoms with Gasteiger partial charge >= 0.3 is 0 Å². The van der Waals surface area contributed by atoms with E-state index in [1.54, 1.807) is 4.57 Å². The first-order valence-electron chi connectivity index (χ1n) is 12.2. The maximum atomic E-state index is 8.37. The third-order valence-corrected chi connectivity index (χ3v) is 5.68. The Balaban J connectivity index is 2.00. The summed E-state index contributed by atoms with van der Waals surface area (Å²) in [4.78, 5) is 0. The molecule has 0 unspecified atom stereocenters. The third kappa shape index (κ3) is 2.09. The molecule has 0 bridgehead atoms. The molecule has 0 spiro atoms.